The van der Waals surface area contributed by atoms with Gasteiger partial charge in [0, 0.05) is 44.9 Å². The molecule has 3 aromatic carbocycles. The summed E-state index contributed by atoms with van der Waals surface area (Å²) in [5.74, 6) is -4.29. The number of allylic oxidation sites excluding steroid dienone is 2. The number of fused-ring (bicyclic) bond motifs is 5. The Balaban J connectivity index is 1.16. The molecule has 274 valence electrons. The first-order valence-electron chi connectivity index (χ1n) is 17.6. The number of methoxy groups -OCH3 is 1. The van der Waals surface area contributed by atoms with Crippen LogP contribution in [-0.2, 0) is 26.2 Å². The number of benzene rings is 3. The van der Waals surface area contributed by atoms with E-state index in [1.807, 2.05) is 31.2 Å². The lowest BCUT2D eigenvalue weighted by molar-refractivity contribution is -0.131. The fraction of sp³-hybridized carbons (Fsp3) is 0.293. The summed E-state index contributed by atoms with van der Waals surface area (Å²) in [6.45, 7) is 3.80. The van der Waals surface area contributed by atoms with Gasteiger partial charge in [0.1, 0.15) is 23.0 Å². The second-order valence-electron chi connectivity index (χ2n) is 14.8. The third-order valence-corrected chi connectivity index (χ3v) is 14.2. The molecule has 3 fully saturated rings. The lowest BCUT2D eigenvalue weighted by Gasteiger charge is -2.49. The van der Waals surface area contributed by atoms with Crippen molar-refractivity contribution in [2.24, 2.45) is 36.1 Å². The fourth-order valence-electron chi connectivity index (χ4n) is 9.53. The molecule has 13 heteroatoms. The molecule has 0 spiro atoms. The topological polar surface area (TPSA) is 122 Å². The normalized spacial score (nSPS) is 26.3. The summed E-state index contributed by atoms with van der Waals surface area (Å²) in [4.78, 5) is 61.7. The van der Waals surface area contributed by atoms with Gasteiger partial charge in [-0.1, -0.05) is 45.2 Å². The minimum absolute atomic E-state index is 0.0878. The van der Waals surface area contributed by atoms with Crippen molar-refractivity contribution in [1.29, 1.82) is 0 Å². The zero-order chi connectivity index (χ0) is 38.0. The standard InChI is InChI=1S/C41H34BrClN4O6S/c1-19-27-15-21(43)7-14-32(27)54-36(19)30-18-33(45(3)44-30)47-38(50)29-17-28-24(35(41(29,2)40(47)52)25-11-10-23(53-4)16-31(25)48)12-13-26-34(28)39(51)46(37(26)49)22-8-5-20(42)6-9-22/h5-12,14-16,18,26,28-29,34-35,48H,13,17H2,1-4H3/t26-,28+,29-,34-,35+,41+/m0/s1. The first kappa shape index (κ1) is 35.0. The minimum atomic E-state index is -1.34. The number of carbonyl (C=O) groups is 4. The van der Waals surface area contributed by atoms with Crippen LogP contribution in [0.4, 0.5) is 11.5 Å². The van der Waals surface area contributed by atoms with Crippen molar-refractivity contribution in [3.8, 4) is 22.1 Å². The molecule has 1 saturated carbocycles. The first-order valence-corrected chi connectivity index (χ1v) is 19.6. The highest BCUT2D eigenvalue weighted by atomic mass is 79.9. The molecular formula is C41H34BrClN4O6S. The van der Waals surface area contributed by atoms with Gasteiger partial charge in [-0.25, -0.2) is 4.90 Å². The van der Waals surface area contributed by atoms with Crippen LogP contribution in [0.3, 0.4) is 0 Å². The number of thiophene rings is 1. The van der Waals surface area contributed by atoms with Crippen LogP contribution in [0.2, 0.25) is 5.02 Å². The Morgan fingerprint density at radius 1 is 0.963 bits per heavy atom. The second-order valence-corrected chi connectivity index (χ2v) is 17.2. The molecule has 4 amide bonds. The smallest absolute Gasteiger partial charge is 0.242 e. The van der Waals surface area contributed by atoms with E-state index in [4.69, 9.17) is 21.4 Å². The molecule has 2 saturated heterocycles. The summed E-state index contributed by atoms with van der Waals surface area (Å²) in [5, 5.41) is 18.0. The van der Waals surface area contributed by atoms with E-state index in [9.17, 15) is 19.5 Å². The number of imide groups is 2. The number of phenolic OH excluding ortho intramolecular Hbond substituents is 1. The molecule has 6 atom stereocenters. The summed E-state index contributed by atoms with van der Waals surface area (Å²) in [5.41, 5.74) is 1.99. The Kier molecular flexibility index (Phi) is 8.01. The van der Waals surface area contributed by atoms with E-state index < -0.39 is 46.8 Å². The number of nitrogens with zero attached hydrogens (tertiary/aromatic N) is 4. The maximum absolute atomic E-state index is 15.1. The maximum Gasteiger partial charge on any atom is 0.242 e. The van der Waals surface area contributed by atoms with Gasteiger partial charge < -0.3 is 9.84 Å². The van der Waals surface area contributed by atoms with E-state index in [2.05, 4.69) is 15.9 Å². The minimum Gasteiger partial charge on any atom is -0.508 e. The van der Waals surface area contributed by atoms with Crippen molar-refractivity contribution in [1.82, 2.24) is 9.78 Å². The van der Waals surface area contributed by atoms with Crippen molar-refractivity contribution in [2.45, 2.75) is 32.6 Å². The van der Waals surface area contributed by atoms with Gasteiger partial charge >= 0.3 is 0 Å². The predicted octanol–water partition coefficient (Wildman–Crippen LogP) is 8.18. The van der Waals surface area contributed by atoms with Crippen LogP contribution in [0.25, 0.3) is 20.7 Å². The molecule has 4 heterocycles. The Morgan fingerprint density at radius 3 is 2.44 bits per heavy atom. The highest BCUT2D eigenvalue weighted by Gasteiger charge is 2.68. The summed E-state index contributed by atoms with van der Waals surface area (Å²) >= 11 is 11.3. The molecular weight excluding hydrogens is 792 g/mol. The first-order chi connectivity index (χ1) is 25.8. The van der Waals surface area contributed by atoms with E-state index in [0.29, 0.717) is 40.0 Å². The number of halogens is 2. The number of aromatic nitrogens is 2. The third kappa shape index (κ3) is 4.85. The van der Waals surface area contributed by atoms with E-state index in [1.165, 1.54) is 23.0 Å². The number of amides is 4. The number of aromatic hydroxyl groups is 1. The third-order valence-electron chi connectivity index (χ3n) is 12.1. The average molecular weight is 826 g/mol. The number of anilines is 2. The molecule has 10 nitrogen and oxygen atoms in total. The van der Waals surface area contributed by atoms with Gasteiger partial charge in [-0.05, 0) is 92.1 Å². The van der Waals surface area contributed by atoms with Crippen LogP contribution in [0.1, 0.15) is 36.8 Å². The van der Waals surface area contributed by atoms with Crippen LogP contribution in [-0.4, -0.2) is 45.6 Å². The summed E-state index contributed by atoms with van der Waals surface area (Å²) in [7, 11) is 3.21. The van der Waals surface area contributed by atoms with Crippen LogP contribution in [0, 0.1) is 36.0 Å². The van der Waals surface area contributed by atoms with Crippen LogP contribution >= 0.6 is 38.9 Å². The second kappa shape index (κ2) is 12.4. The number of ether oxygens (including phenoxy) is 1. The van der Waals surface area contributed by atoms with Crippen molar-refractivity contribution in [3.63, 3.8) is 0 Å². The van der Waals surface area contributed by atoms with E-state index in [1.54, 1.807) is 72.5 Å². The molecule has 2 aromatic heterocycles. The molecule has 54 heavy (non-hydrogen) atoms. The monoisotopic (exact) mass is 824 g/mol. The Labute approximate surface area is 328 Å². The van der Waals surface area contributed by atoms with Crippen LogP contribution in [0.5, 0.6) is 11.5 Å². The predicted molar refractivity (Wildman–Crippen MR) is 210 cm³/mol. The number of aryl methyl sites for hydroxylation is 2. The molecule has 0 radical (unpaired) electrons. The number of hydrogen-bond acceptors (Lipinski definition) is 8. The van der Waals surface area contributed by atoms with E-state index in [-0.39, 0.29) is 24.0 Å². The van der Waals surface area contributed by atoms with Gasteiger partial charge in [-0.2, -0.15) is 5.10 Å². The van der Waals surface area contributed by atoms with Gasteiger partial charge in [-0.3, -0.25) is 28.8 Å². The molecule has 1 N–H and O–H groups in total. The van der Waals surface area contributed by atoms with E-state index in [0.717, 1.165) is 30.6 Å². The van der Waals surface area contributed by atoms with Crippen molar-refractivity contribution >= 4 is 84.1 Å². The van der Waals surface area contributed by atoms with Gasteiger partial charge in [0.15, 0.2) is 0 Å². The molecule has 0 bridgehead atoms. The molecule has 4 aliphatic rings. The van der Waals surface area contributed by atoms with E-state index >= 15 is 4.79 Å². The van der Waals surface area contributed by atoms with Crippen molar-refractivity contribution in [3.05, 3.63) is 99.0 Å². The zero-order valence-corrected chi connectivity index (χ0v) is 32.8. The fourth-order valence-corrected chi connectivity index (χ4v) is 11.1. The van der Waals surface area contributed by atoms with Gasteiger partial charge in [0.05, 0.1) is 40.8 Å². The SMILES string of the molecule is COc1ccc([C@H]2C3=CC[C@@H]4C(=O)N(c5ccc(Br)cc5)C(=O)[C@@H]4[C@@H]3C[C@H]3C(=O)N(c4cc(-c5sc6ccc(Cl)cc6c5C)nn4C)C(=O)[C@@]23C)c(O)c1. The van der Waals surface area contributed by atoms with Gasteiger partial charge in [0.2, 0.25) is 23.6 Å². The number of hydrogen-bond donors (Lipinski definition) is 1. The van der Waals surface area contributed by atoms with Gasteiger partial charge in [-0.15, -0.1) is 11.3 Å². The lowest BCUT2D eigenvalue weighted by atomic mass is 9.51. The largest absolute Gasteiger partial charge is 0.508 e. The summed E-state index contributed by atoms with van der Waals surface area (Å²) in [6.07, 6.45) is 2.45. The quantitative estimate of drug-likeness (QED) is 0.140. The van der Waals surface area contributed by atoms with Gasteiger partial charge in [0.25, 0.3) is 0 Å². The molecule has 5 aromatic rings. The number of rotatable bonds is 5. The van der Waals surface area contributed by atoms with Crippen molar-refractivity contribution in [2.75, 3.05) is 16.9 Å². The highest BCUT2D eigenvalue weighted by molar-refractivity contribution is 9.10. The van der Waals surface area contributed by atoms with Crippen molar-refractivity contribution < 1.29 is 29.0 Å². The van der Waals surface area contributed by atoms with Crippen LogP contribution < -0.4 is 14.5 Å². The lowest BCUT2D eigenvalue weighted by Crippen LogP contribution is -2.49. The Bertz CT molecular complexity index is 2510. The summed E-state index contributed by atoms with van der Waals surface area (Å²) in [6, 6.07) is 19.5. The highest BCUT2D eigenvalue weighted by Crippen LogP contribution is 2.64. The molecule has 0 unspecified atom stereocenters. The number of phenols is 1. The maximum atomic E-state index is 15.1. The molecule has 2 aliphatic carbocycles. The van der Waals surface area contributed by atoms with Crippen LogP contribution in [0.15, 0.2) is 82.9 Å². The molecule has 9 rings (SSSR count). The zero-order valence-electron chi connectivity index (χ0n) is 29.7. The molecule has 2 aliphatic heterocycles. The Morgan fingerprint density at radius 2 is 1.72 bits per heavy atom. The summed E-state index contributed by atoms with van der Waals surface area (Å²) < 4.78 is 8.80. The average Bonchev–Trinajstić information content (AvgIpc) is 3.82. The Hall–Kier alpha value is -4.78. The number of carbonyl (C=O) groups excluding carboxylic acids is 4.